The fraction of sp³-hybridized carbons (Fsp3) is 0.400. The van der Waals surface area contributed by atoms with Crippen molar-refractivity contribution in [2.75, 3.05) is 11.6 Å². The molecule has 0 unspecified atom stereocenters. The fourth-order valence-corrected chi connectivity index (χ4v) is 2.49. The van der Waals surface area contributed by atoms with Crippen molar-refractivity contribution in [1.82, 2.24) is 20.2 Å². The van der Waals surface area contributed by atoms with E-state index < -0.39 is 5.82 Å². The molecule has 0 atom stereocenters. The monoisotopic (exact) mass is 337 g/mol. The number of thioether (sulfide) groups is 1. The summed E-state index contributed by atoms with van der Waals surface area (Å²) in [5.74, 6) is 5.76. The van der Waals surface area contributed by atoms with Crippen molar-refractivity contribution < 1.29 is 9.18 Å². The maximum absolute atomic E-state index is 13.8. The van der Waals surface area contributed by atoms with Crippen LogP contribution in [-0.4, -0.2) is 32.1 Å². The van der Waals surface area contributed by atoms with Gasteiger partial charge < -0.3 is 11.2 Å². The Balaban J connectivity index is 2.06. The lowest BCUT2D eigenvalue weighted by atomic mass is 10.0. The van der Waals surface area contributed by atoms with Crippen molar-refractivity contribution in [3.8, 4) is 11.4 Å². The average Bonchev–Trinajstić information content (AvgIpc) is 2.86. The molecule has 0 aliphatic heterocycles. The van der Waals surface area contributed by atoms with Gasteiger partial charge in [-0.15, -0.1) is 10.2 Å². The van der Waals surface area contributed by atoms with E-state index in [0.717, 1.165) is 18.2 Å². The lowest BCUT2D eigenvalue weighted by molar-refractivity contribution is -0.120. The van der Waals surface area contributed by atoms with Gasteiger partial charge in [0, 0.05) is 5.54 Å². The van der Waals surface area contributed by atoms with E-state index in [9.17, 15) is 9.18 Å². The van der Waals surface area contributed by atoms with E-state index in [1.54, 1.807) is 18.2 Å². The molecule has 0 aliphatic carbocycles. The normalized spacial score (nSPS) is 11.5. The van der Waals surface area contributed by atoms with Gasteiger partial charge in [0.05, 0.1) is 11.3 Å². The third-order valence-electron chi connectivity index (χ3n) is 3.47. The quantitative estimate of drug-likeness (QED) is 0.623. The zero-order valence-electron chi connectivity index (χ0n) is 13.3. The highest BCUT2D eigenvalue weighted by Gasteiger charge is 2.20. The SMILES string of the molecule is CCC(C)(C)NC(=O)CSc1nnc(-c2ccccc2F)n1N. The summed E-state index contributed by atoms with van der Waals surface area (Å²) in [4.78, 5) is 11.9. The standard InChI is InChI=1S/C15H20FN5OS/c1-4-15(2,3)18-12(22)9-23-14-20-19-13(21(14)17)10-7-5-6-8-11(10)16/h5-8H,4,9,17H2,1-3H3,(H,18,22). The first-order valence-electron chi connectivity index (χ1n) is 7.23. The molecule has 3 N–H and O–H groups in total. The number of rotatable bonds is 6. The summed E-state index contributed by atoms with van der Waals surface area (Å²) < 4.78 is 15.0. The van der Waals surface area contributed by atoms with E-state index in [4.69, 9.17) is 5.84 Å². The van der Waals surface area contributed by atoms with Crippen LogP contribution in [0.1, 0.15) is 27.2 Å². The maximum atomic E-state index is 13.8. The highest BCUT2D eigenvalue weighted by molar-refractivity contribution is 7.99. The number of carbonyl (C=O) groups excluding carboxylic acids is 1. The van der Waals surface area contributed by atoms with Crippen molar-refractivity contribution in [3.63, 3.8) is 0 Å². The molecule has 23 heavy (non-hydrogen) atoms. The van der Waals surface area contributed by atoms with Gasteiger partial charge in [-0.25, -0.2) is 9.07 Å². The Hall–Kier alpha value is -2.09. The van der Waals surface area contributed by atoms with Gasteiger partial charge in [-0.2, -0.15) is 0 Å². The number of hydrogen-bond acceptors (Lipinski definition) is 5. The molecule has 1 amide bonds. The van der Waals surface area contributed by atoms with Crippen molar-refractivity contribution in [3.05, 3.63) is 30.1 Å². The second-order valence-electron chi connectivity index (χ2n) is 5.73. The van der Waals surface area contributed by atoms with Gasteiger partial charge in [-0.05, 0) is 32.4 Å². The topological polar surface area (TPSA) is 85.8 Å². The molecule has 1 aromatic carbocycles. The third kappa shape index (κ3) is 4.22. The Bertz CT molecular complexity index is 701. The van der Waals surface area contributed by atoms with E-state index >= 15 is 0 Å². The number of amides is 1. The molecular weight excluding hydrogens is 317 g/mol. The van der Waals surface area contributed by atoms with Crippen molar-refractivity contribution in [2.45, 2.75) is 37.9 Å². The highest BCUT2D eigenvalue weighted by atomic mass is 32.2. The van der Waals surface area contributed by atoms with Crippen LogP contribution in [0.3, 0.4) is 0 Å². The van der Waals surface area contributed by atoms with Crippen LogP contribution >= 0.6 is 11.8 Å². The van der Waals surface area contributed by atoms with Gasteiger partial charge in [0.25, 0.3) is 0 Å². The number of nitrogen functional groups attached to an aromatic ring is 1. The number of nitrogens with one attached hydrogen (secondary N) is 1. The van der Waals surface area contributed by atoms with Crippen molar-refractivity contribution in [1.29, 1.82) is 0 Å². The molecule has 2 rings (SSSR count). The molecule has 6 nitrogen and oxygen atoms in total. The van der Waals surface area contributed by atoms with Gasteiger partial charge in [-0.1, -0.05) is 30.8 Å². The summed E-state index contributed by atoms with van der Waals surface area (Å²) in [6.45, 7) is 5.92. The van der Waals surface area contributed by atoms with Gasteiger partial charge in [-0.3, -0.25) is 4.79 Å². The molecule has 0 fully saturated rings. The van der Waals surface area contributed by atoms with E-state index in [1.807, 2.05) is 20.8 Å². The van der Waals surface area contributed by atoms with Crippen LogP contribution in [-0.2, 0) is 4.79 Å². The number of carbonyl (C=O) groups is 1. The largest absolute Gasteiger partial charge is 0.351 e. The van der Waals surface area contributed by atoms with Gasteiger partial charge >= 0.3 is 0 Å². The first-order valence-corrected chi connectivity index (χ1v) is 8.22. The summed E-state index contributed by atoms with van der Waals surface area (Å²) in [6.07, 6.45) is 0.827. The van der Waals surface area contributed by atoms with Crippen LogP contribution in [0.15, 0.2) is 29.4 Å². The molecule has 0 aliphatic rings. The Morgan fingerprint density at radius 3 is 2.74 bits per heavy atom. The van der Waals surface area contributed by atoms with Crippen LogP contribution in [0.4, 0.5) is 4.39 Å². The third-order valence-corrected chi connectivity index (χ3v) is 4.42. The Morgan fingerprint density at radius 2 is 2.09 bits per heavy atom. The van der Waals surface area contributed by atoms with Crippen LogP contribution in [0.2, 0.25) is 0 Å². The van der Waals surface area contributed by atoms with Crippen LogP contribution in [0, 0.1) is 5.82 Å². The Kier molecular flexibility index (Phi) is 5.25. The summed E-state index contributed by atoms with van der Waals surface area (Å²) in [6, 6.07) is 6.19. The van der Waals surface area contributed by atoms with Crippen LogP contribution < -0.4 is 11.2 Å². The number of hydrogen-bond donors (Lipinski definition) is 2. The highest BCUT2D eigenvalue weighted by Crippen LogP contribution is 2.23. The molecule has 0 saturated carbocycles. The molecule has 1 aromatic heterocycles. The smallest absolute Gasteiger partial charge is 0.230 e. The average molecular weight is 337 g/mol. The Morgan fingerprint density at radius 1 is 1.39 bits per heavy atom. The van der Waals surface area contributed by atoms with E-state index in [0.29, 0.717) is 5.16 Å². The summed E-state index contributed by atoms with van der Waals surface area (Å²) >= 11 is 1.16. The first kappa shape index (κ1) is 17.3. The molecule has 0 bridgehead atoms. The second-order valence-corrected chi connectivity index (χ2v) is 6.67. The minimum Gasteiger partial charge on any atom is -0.351 e. The van der Waals surface area contributed by atoms with Gasteiger partial charge in [0.2, 0.25) is 11.1 Å². The number of benzene rings is 1. The zero-order chi connectivity index (χ0) is 17.0. The van der Waals surface area contributed by atoms with Crippen LogP contribution in [0.25, 0.3) is 11.4 Å². The predicted octanol–water partition coefficient (Wildman–Crippen LogP) is 2.19. The summed E-state index contributed by atoms with van der Waals surface area (Å²) in [7, 11) is 0. The summed E-state index contributed by atoms with van der Waals surface area (Å²) in [5.41, 5.74) is 0.0118. The van der Waals surface area contributed by atoms with Crippen molar-refractivity contribution in [2.24, 2.45) is 0 Å². The van der Waals surface area contributed by atoms with Crippen LogP contribution in [0.5, 0.6) is 0 Å². The van der Waals surface area contributed by atoms with Gasteiger partial charge in [0.15, 0.2) is 5.82 Å². The number of aromatic nitrogens is 3. The van der Waals surface area contributed by atoms with E-state index in [2.05, 4.69) is 15.5 Å². The minimum atomic E-state index is -0.425. The fourth-order valence-electron chi connectivity index (χ4n) is 1.83. The number of nitrogens with zero attached hydrogens (tertiary/aromatic N) is 3. The minimum absolute atomic E-state index is 0.114. The molecule has 0 saturated heterocycles. The van der Waals surface area contributed by atoms with Crippen molar-refractivity contribution >= 4 is 17.7 Å². The summed E-state index contributed by atoms with van der Waals surface area (Å²) in [5, 5.41) is 11.1. The zero-order valence-corrected chi connectivity index (χ0v) is 14.2. The lowest BCUT2D eigenvalue weighted by Crippen LogP contribution is -2.43. The number of nitrogens with two attached hydrogens (primary N) is 1. The lowest BCUT2D eigenvalue weighted by Gasteiger charge is -2.24. The maximum Gasteiger partial charge on any atom is 0.230 e. The molecule has 0 radical (unpaired) electrons. The van der Waals surface area contributed by atoms with Gasteiger partial charge in [0.1, 0.15) is 5.82 Å². The molecule has 0 spiro atoms. The second kappa shape index (κ2) is 6.99. The molecule has 2 aromatic rings. The molecular formula is C15H20FN5OS. The molecule has 1 heterocycles. The molecule has 124 valence electrons. The van der Waals surface area contributed by atoms with E-state index in [1.165, 1.54) is 10.7 Å². The number of halogens is 1. The predicted molar refractivity (Wildman–Crippen MR) is 88.8 cm³/mol. The molecule has 8 heteroatoms. The van der Waals surface area contributed by atoms with E-state index in [-0.39, 0.29) is 28.6 Å². The Labute approximate surface area is 138 Å². The first-order chi connectivity index (χ1) is 10.8.